The Labute approximate surface area is 73.2 Å². The van der Waals surface area contributed by atoms with Crippen molar-refractivity contribution in [1.82, 2.24) is 0 Å². The van der Waals surface area contributed by atoms with E-state index >= 15 is 0 Å². The predicted octanol–water partition coefficient (Wildman–Crippen LogP) is -11.5. The third-order valence-electron chi connectivity index (χ3n) is 0. The summed E-state index contributed by atoms with van der Waals surface area (Å²) in [6, 6.07) is 0. The number of hydrogen-bond donors (Lipinski definition) is 0. The van der Waals surface area contributed by atoms with E-state index in [0.717, 1.165) is 0 Å². The third kappa shape index (κ3) is 113. The Bertz CT molecular complexity index is 10.1. The summed E-state index contributed by atoms with van der Waals surface area (Å²) in [4.78, 5) is 0. The van der Waals surface area contributed by atoms with Gasteiger partial charge in [0.05, 0.1) is 0 Å². The maximum absolute atomic E-state index is 0. The van der Waals surface area contributed by atoms with E-state index < -0.39 is 0 Å². The van der Waals surface area contributed by atoms with Crippen LogP contribution in [-0.4, -0.2) is 16.4 Å². The standard InChI is InChI=1S/3ClH.3H2O.Ru/h3*1H;3*1H2;/p-3. The van der Waals surface area contributed by atoms with E-state index in [0.29, 0.717) is 0 Å². The molecule has 7 heavy (non-hydrogen) atoms. The Hall–Kier alpha value is 1.37. The van der Waals surface area contributed by atoms with Crippen LogP contribution in [0.2, 0.25) is 0 Å². The van der Waals surface area contributed by atoms with Crippen molar-refractivity contribution in [3.63, 3.8) is 0 Å². The normalized spacial score (nSPS) is 0. The van der Waals surface area contributed by atoms with Gasteiger partial charge in [-0.2, -0.15) is 0 Å². The molecule has 0 saturated carbocycles. The predicted molar refractivity (Wildman–Crippen MR) is 10.8 cm³/mol. The largest absolute Gasteiger partial charge is 1.00 e. The molecule has 6 N–H and O–H groups in total. The van der Waals surface area contributed by atoms with Gasteiger partial charge in [-0.3, -0.25) is 0 Å². The SMILES string of the molecule is O.O.O.[Cl-].[Cl-].[Cl-].[Ru]. The zero-order chi connectivity index (χ0) is 0. The van der Waals surface area contributed by atoms with Gasteiger partial charge in [-0.15, -0.1) is 0 Å². The van der Waals surface area contributed by atoms with E-state index in [4.69, 9.17) is 0 Å². The van der Waals surface area contributed by atoms with Crippen LogP contribution in [-0.2, 0) is 19.5 Å². The molecule has 0 heterocycles. The summed E-state index contributed by atoms with van der Waals surface area (Å²) in [6.45, 7) is 0. The van der Waals surface area contributed by atoms with Crippen molar-refractivity contribution in [3.8, 4) is 0 Å². The summed E-state index contributed by atoms with van der Waals surface area (Å²) < 4.78 is 0. The number of rotatable bonds is 0. The molecule has 0 aliphatic carbocycles. The van der Waals surface area contributed by atoms with Gasteiger partial charge in [0.1, 0.15) is 0 Å². The van der Waals surface area contributed by atoms with Crippen molar-refractivity contribution < 1.29 is 73.1 Å². The van der Waals surface area contributed by atoms with E-state index in [1.807, 2.05) is 0 Å². The number of halogens is 3. The molecule has 0 aromatic heterocycles. The maximum Gasteiger partial charge on any atom is 0 e. The summed E-state index contributed by atoms with van der Waals surface area (Å²) >= 11 is 0. The van der Waals surface area contributed by atoms with Crippen molar-refractivity contribution in [3.05, 3.63) is 0 Å². The molecule has 0 unspecified atom stereocenters. The Balaban J connectivity index is 0. The molecule has 0 radical (unpaired) electrons. The molecule has 0 amide bonds. The molecule has 0 saturated heterocycles. The van der Waals surface area contributed by atoms with Crippen LogP contribution in [0.15, 0.2) is 0 Å². The minimum absolute atomic E-state index is 0. The second kappa shape index (κ2) is 159. The molecule has 0 aromatic carbocycles. The van der Waals surface area contributed by atoms with Crippen molar-refractivity contribution in [2.24, 2.45) is 0 Å². The molecule has 0 spiro atoms. The minimum Gasteiger partial charge on any atom is -1.00 e. The molecular weight excluding hydrogens is 255 g/mol. The Kier molecular flexibility index (Phi) is 5470. The first-order valence-electron chi connectivity index (χ1n) is 0. The van der Waals surface area contributed by atoms with E-state index in [9.17, 15) is 0 Å². The molecule has 56 valence electrons. The molecule has 0 atom stereocenters. The number of hydrogen-bond acceptors (Lipinski definition) is 0. The van der Waals surface area contributed by atoms with Gasteiger partial charge in [0.25, 0.3) is 0 Å². The summed E-state index contributed by atoms with van der Waals surface area (Å²) in [5.74, 6) is 0. The van der Waals surface area contributed by atoms with Crippen molar-refractivity contribution in [2.45, 2.75) is 0 Å². The Morgan fingerprint density at radius 1 is 0.429 bits per heavy atom. The van der Waals surface area contributed by atoms with Gasteiger partial charge in [-0.05, 0) is 0 Å². The van der Waals surface area contributed by atoms with Crippen LogP contribution in [0.25, 0.3) is 0 Å². The zero-order valence-electron chi connectivity index (χ0n) is 2.99. The fourth-order valence-corrected chi connectivity index (χ4v) is 0. The van der Waals surface area contributed by atoms with Crippen molar-refractivity contribution in [2.75, 3.05) is 0 Å². The third-order valence-corrected chi connectivity index (χ3v) is 0. The van der Waals surface area contributed by atoms with Gasteiger partial charge in [-0.25, -0.2) is 0 Å². The topological polar surface area (TPSA) is 94.5 Å². The van der Waals surface area contributed by atoms with Crippen LogP contribution in [0.4, 0.5) is 0 Å². The average molecular weight is 261 g/mol. The maximum atomic E-state index is 0. The molecule has 0 bridgehead atoms. The summed E-state index contributed by atoms with van der Waals surface area (Å²) in [6.07, 6.45) is 0. The molecule has 3 nitrogen and oxygen atoms in total. The van der Waals surface area contributed by atoms with Gasteiger partial charge in [-0.1, -0.05) is 0 Å². The molecule has 0 aromatic rings. The summed E-state index contributed by atoms with van der Waals surface area (Å²) in [5, 5.41) is 0. The van der Waals surface area contributed by atoms with Crippen LogP contribution < -0.4 is 37.2 Å². The van der Waals surface area contributed by atoms with Gasteiger partial charge < -0.3 is 53.6 Å². The first-order chi connectivity index (χ1) is 0. The van der Waals surface area contributed by atoms with Crippen molar-refractivity contribution >= 4 is 0 Å². The molecule has 0 aliphatic rings. The Morgan fingerprint density at radius 3 is 0.429 bits per heavy atom. The minimum atomic E-state index is 0. The van der Waals surface area contributed by atoms with Gasteiger partial charge in [0.15, 0.2) is 0 Å². The van der Waals surface area contributed by atoms with E-state index in [1.54, 1.807) is 0 Å². The monoisotopic (exact) mass is 261 g/mol. The second-order valence-electron chi connectivity index (χ2n) is 0. The summed E-state index contributed by atoms with van der Waals surface area (Å²) in [7, 11) is 0. The van der Waals surface area contributed by atoms with Crippen LogP contribution in [0.1, 0.15) is 0 Å². The first kappa shape index (κ1) is 241. The van der Waals surface area contributed by atoms with E-state index in [2.05, 4.69) is 0 Å². The van der Waals surface area contributed by atoms with Gasteiger partial charge in [0, 0.05) is 19.5 Å². The van der Waals surface area contributed by atoms with E-state index in [1.165, 1.54) is 0 Å². The van der Waals surface area contributed by atoms with E-state index in [-0.39, 0.29) is 73.1 Å². The molecule has 7 heteroatoms. The quantitative estimate of drug-likeness (QED) is 0.387. The van der Waals surface area contributed by atoms with Crippen molar-refractivity contribution in [1.29, 1.82) is 0 Å². The fraction of sp³-hybridized carbons (Fsp3) is 0. The molecule has 0 fully saturated rings. The smallest absolute Gasteiger partial charge is 0 e. The van der Waals surface area contributed by atoms with Crippen LogP contribution in [0.5, 0.6) is 0 Å². The second-order valence-corrected chi connectivity index (χ2v) is 0. The fourth-order valence-electron chi connectivity index (χ4n) is 0. The van der Waals surface area contributed by atoms with Gasteiger partial charge >= 0.3 is 0 Å². The van der Waals surface area contributed by atoms with Crippen LogP contribution in [0.3, 0.4) is 0 Å². The first-order valence-corrected chi connectivity index (χ1v) is 0. The molecule has 0 rings (SSSR count). The zero-order valence-corrected chi connectivity index (χ0v) is 6.99. The summed E-state index contributed by atoms with van der Waals surface area (Å²) in [5.41, 5.74) is 0. The van der Waals surface area contributed by atoms with Gasteiger partial charge in [0.2, 0.25) is 0 Å². The van der Waals surface area contributed by atoms with Crippen LogP contribution >= 0.6 is 0 Å². The molecular formula is H6Cl3O3Ru-3. The Morgan fingerprint density at radius 2 is 0.429 bits per heavy atom. The van der Waals surface area contributed by atoms with Crippen LogP contribution in [0, 0.1) is 0 Å². The average Bonchev–Trinajstić information content (AvgIpc) is 0. The molecule has 0 aliphatic heterocycles.